The maximum Gasteiger partial charge on any atom is 0.225 e. The summed E-state index contributed by atoms with van der Waals surface area (Å²) in [6.07, 6.45) is 1.22. The first-order chi connectivity index (χ1) is 14.1. The van der Waals surface area contributed by atoms with Crippen molar-refractivity contribution in [3.8, 4) is 0 Å². The Morgan fingerprint density at radius 2 is 2.10 bits per heavy atom. The Morgan fingerprint density at radius 3 is 2.90 bits per heavy atom. The van der Waals surface area contributed by atoms with Crippen molar-refractivity contribution in [2.45, 2.75) is 37.6 Å². The van der Waals surface area contributed by atoms with Gasteiger partial charge in [0.15, 0.2) is 5.96 Å². The van der Waals surface area contributed by atoms with E-state index in [-0.39, 0.29) is 29.6 Å². The highest BCUT2D eigenvalue weighted by Crippen LogP contribution is 2.44. The second kappa shape index (κ2) is 8.41. The number of para-hydroxylation sites is 1. The van der Waals surface area contributed by atoms with E-state index in [4.69, 9.17) is 16.6 Å². The molecular weight excluding hydrogens is 391 g/mol. The number of benzene rings is 2. The van der Waals surface area contributed by atoms with Gasteiger partial charge < -0.3 is 16.0 Å². The van der Waals surface area contributed by atoms with Gasteiger partial charge in [-0.1, -0.05) is 35.9 Å². The van der Waals surface area contributed by atoms with Gasteiger partial charge in [-0.25, -0.2) is 4.39 Å². The van der Waals surface area contributed by atoms with E-state index >= 15 is 0 Å². The van der Waals surface area contributed by atoms with Crippen LogP contribution >= 0.6 is 11.6 Å². The molecule has 1 amide bonds. The van der Waals surface area contributed by atoms with E-state index in [2.05, 4.69) is 16.0 Å². The number of anilines is 1. The number of amides is 1. The number of carbonyl (C=O) groups is 1. The Hall–Kier alpha value is -2.60. The van der Waals surface area contributed by atoms with Crippen molar-refractivity contribution < 1.29 is 9.18 Å². The highest BCUT2D eigenvalue weighted by Gasteiger charge is 2.42. The van der Waals surface area contributed by atoms with Crippen molar-refractivity contribution >= 4 is 29.2 Å². The van der Waals surface area contributed by atoms with Gasteiger partial charge in [-0.3, -0.25) is 9.79 Å². The van der Waals surface area contributed by atoms with Gasteiger partial charge in [0.2, 0.25) is 5.91 Å². The summed E-state index contributed by atoms with van der Waals surface area (Å²) >= 11 is 6.20. The molecule has 3 N–H and O–H groups in total. The number of carbonyl (C=O) groups excluding carboxylic acids is 1. The molecule has 2 aromatic rings. The summed E-state index contributed by atoms with van der Waals surface area (Å²) in [4.78, 5) is 16.7. The van der Waals surface area contributed by atoms with Crippen LogP contribution in [0.4, 0.5) is 10.1 Å². The van der Waals surface area contributed by atoms with Gasteiger partial charge >= 0.3 is 0 Å². The lowest BCUT2D eigenvalue weighted by molar-refractivity contribution is -0.116. The minimum atomic E-state index is -0.265. The van der Waals surface area contributed by atoms with E-state index in [0.29, 0.717) is 36.1 Å². The molecule has 1 heterocycles. The summed E-state index contributed by atoms with van der Waals surface area (Å²) in [6.45, 7) is 3.21. The Balaban J connectivity index is 1.45. The molecule has 152 valence electrons. The van der Waals surface area contributed by atoms with Crippen LogP contribution in [0, 0.1) is 5.82 Å². The predicted octanol–water partition coefficient (Wildman–Crippen LogP) is 4.02. The molecule has 2 aromatic carbocycles. The average Bonchev–Trinajstić information content (AvgIpc) is 3.44. The van der Waals surface area contributed by atoms with Crippen LogP contribution < -0.4 is 16.0 Å². The van der Waals surface area contributed by atoms with Gasteiger partial charge in [-0.2, -0.15) is 0 Å². The number of halogens is 2. The molecule has 0 saturated heterocycles. The zero-order valence-electron chi connectivity index (χ0n) is 16.2. The number of fused-ring (bicyclic) bond motifs is 1. The first kappa shape index (κ1) is 19.7. The number of nitrogens with one attached hydrogen (secondary N) is 3. The van der Waals surface area contributed by atoms with Crippen LogP contribution in [0.5, 0.6) is 0 Å². The Bertz CT molecular complexity index is 928. The molecule has 7 heteroatoms. The van der Waals surface area contributed by atoms with E-state index in [1.165, 1.54) is 6.07 Å². The highest BCUT2D eigenvalue weighted by molar-refractivity contribution is 6.31. The van der Waals surface area contributed by atoms with Crippen molar-refractivity contribution in [1.82, 2.24) is 10.6 Å². The summed E-state index contributed by atoms with van der Waals surface area (Å²) in [6, 6.07) is 12.7. The fourth-order valence-corrected chi connectivity index (χ4v) is 4.20. The topological polar surface area (TPSA) is 65.5 Å². The molecule has 1 aliphatic heterocycles. The van der Waals surface area contributed by atoms with E-state index < -0.39 is 0 Å². The molecule has 5 nitrogen and oxygen atoms in total. The van der Waals surface area contributed by atoms with Crippen LogP contribution in [0.1, 0.15) is 42.7 Å². The van der Waals surface area contributed by atoms with E-state index in [9.17, 15) is 9.18 Å². The van der Waals surface area contributed by atoms with Crippen LogP contribution in [0.3, 0.4) is 0 Å². The number of hydrogen-bond acceptors (Lipinski definition) is 2. The molecule has 3 atom stereocenters. The number of rotatable bonds is 5. The molecule has 0 spiro atoms. The fourth-order valence-electron chi connectivity index (χ4n) is 3.90. The van der Waals surface area contributed by atoms with E-state index in [1.54, 1.807) is 12.1 Å². The quantitative estimate of drug-likeness (QED) is 0.511. The average molecular weight is 415 g/mol. The molecule has 0 radical (unpaired) electrons. The van der Waals surface area contributed by atoms with Crippen molar-refractivity contribution in [2.75, 3.05) is 18.4 Å². The molecule has 4 rings (SSSR count). The minimum absolute atomic E-state index is 0.0123. The van der Waals surface area contributed by atoms with Crippen molar-refractivity contribution in [1.29, 1.82) is 0 Å². The molecule has 3 unspecified atom stereocenters. The maximum absolute atomic E-state index is 14.2. The lowest BCUT2D eigenvalue weighted by Gasteiger charge is -2.24. The molecule has 0 bridgehead atoms. The van der Waals surface area contributed by atoms with Gasteiger partial charge in [0.25, 0.3) is 0 Å². The lowest BCUT2D eigenvalue weighted by Crippen LogP contribution is -2.39. The smallest absolute Gasteiger partial charge is 0.225 e. The normalized spacial score (nSPS) is 23.2. The fraction of sp³-hybridized carbons (Fsp3) is 0.364. The zero-order valence-corrected chi connectivity index (χ0v) is 17.0. The monoisotopic (exact) mass is 414 g/mol. The van der Waals surface area contributed by atoms with Gasteiger partial charge in [-0.15, -0.1) is 0 Å². The number of guanidine groups is 1. The second-order valence-electron chi connectivity index (χ2n) is 7.48. The van der Waals surface area contributed by atoms with Crippen LogP contribution in [-0.4, -0.2) is 31.0 Å². The van der Waals surface area contributed by atoms with Crippen molar-refractivity contribution in [3.05, 3.63) is 64.4 Å². The largest absolute Gasteiger partial charge is 0.357 e. The summed E-state index contributed by atoms with van der Waals surface area (Å²) in [5.41, 5.74) is 2.54. The van der Waals surface area contributed by atoms with Crippen LogP contribution in [-0.2, 0) is 4.79 Å². The summed E-state index contributed by atoms with van der Waals surface area (Å²) in [7, 11) is 0. The molecule has 1 aliphatic carbocycles. The summed E-state index contributed by atoms with van der Waals surface area (Å²) in [5.74, 6) is 0.493. The molecule has 0 aromatic heterocycles. The maximum atomic E-state index is 14.2. The zero-order chi connectivity index (χ0) is 20.4. The second-order valence-corrected chi connectivity index (χ2v) is 7.89. The molecule has 2 aliphatic rings. The predicted molar refractivity (Wildman–Crippen MR) is 114 cm³/mol. The van der Waals surface area contributed by atoms with Crippen LogP contribution in [0.15, 0.2) is 47.5 Å². The molecule has 1 fully saturated rings. The van der Waals surface area contributed by atoms with Crippen LogP contribution in [0.25, 0.3) is 0 Å². The highest BCUT2D eigenvalue weighted by atomic mass is 35.5. The Kier molecular flexibility index (Phi) is 5.72. The minimum Gasteiger partial charge on any atom is -0.357 e. The van der Waals surface area contributed by atoms with E-state index in [0.717, 1.165) is 17.7 Å². The SMILES string of the molecule is CCNC(=NCC1CC(=O)Nc2ccccc21)NC1CC1c1c(F)cccc1Cl. The van der Waals surface area contributed by atoms with Gasteiger partial charge in [0, 0.05) is 47.1 Å². The van der Waals surface area contributed by atoms with Crippen molar-refractivity contribution in [3.63, 3.8) is 0 Å². The first-order valence-corrected chi connectivity index (χ1v) is 10.3. The third kappa shape index (κ3) is 4.37. The summed E-state index contributed by atoms with van der Waals surface area (Å²) in [5, 5.41) is 10.0. The number of hydrogen-bond donors (Lipinski definition) is 3. The molecule has 29 heavy (non-hydrogen) atoms. The summed E-state index contributed by atoms with van der Waals surface area (Å²) < 4.78 is 14.2. The third-order valence-electron chi connectivity index (χ3n) is 5.40. The van der Waals surface area contributed by atoms with Crippen LogP contribution in [0.2, 0.25) is 5.02 Å². The number of aliphatic imine (C=N–C) groups is 1. The van der Waals surface area contributed by atoms with Gasteiger partial charge in [0.1, 0.15) is 5.82 Å². The molecular formula is C22H24ClFN4O. The van der Waals surface area contributed by atoms with Gasteiger partial charge in [0.05, 0.1) is 6.54 Å². The van der Waals surface area contributed by atoms with Gasteiger partial charge in [-0.05, 0) is 37.1 Å². The number of nitrogens with zero attached hydrogens (tertiary/aromatic N) is 1. The van der Waals surface area contributed by atoms with E-state index in [1.807, 2.05) is 31.2 Å². The standard InChI is InChI=1S/C22H24ClFN4O/c1-2-25-22(28-19-11-15(19)21-16(23)7-5-8-17(21)24)26-12-13-10-20(29)27-18-9-4-3-6-14(13)18/h3-9,13,15,19H,2,10-12H2,1H3,(H,27,29)(H2,25,26,28). The first-order valence-electron chi connectivity index (χ1n) is 9.94. The molecule has 1 saturated carbocycles. The third-order valence-corrected chi connectivity index (χ3v) is 5.73. The Labute approximate surface area is 174 Å². The Morgan fingerprint density at radius 1 is 1.28 bits per heavy atom. The van der Waals surface area contributed by atoms with Crippen molar-refractivity contribution in [2.24, 2.45) is 4.99 Å². The lowest BCUT2D eigenvalue weighted by atomic mass is 9.91.